The molecule has 0 aromatic carbocycles. The number of nitrogens with zero attached hydrogens (tertiary/aromatic N) is 4. The van der Waals surface area contributed by atoms with E-state index in [4.69, 9.17) is 14.5 Å². The Balaban J connectivity index is 1.63. The first-order chi connectivity index (χ1) is 12.1. The van der Waals surface area contributed by atoms with Gasteiger partial charge >= 0.3 is 5.97 Å². The second-order valence-corrected chi connectivity index (χ2v) is 7.02. The van der Waals surface area contributed by atoms with Crippen LogP contribution in [0, 0.1) is 11.3 Å². The molecule has 3 fully saturated rings. The summed E-state index contributed by atoms with van der Waals surface area (Å²) in [5.74, 6) is 0.784. The van der Waals surface area contributed by atoms with Gasteiger partial charge in [-0.15, -0.1) is 0 Å². The number of hydrogen-bond acceptors (Lipinski definition) is 7. The van der Waals surface area contributed by atoms with Gasteiger partial charge < -0.3 is 24.4 Å². The summed E-state index contributed by atoms with van der Waals surface area (Å²) in [7, 11) is 0. The maximum Gasteiger partial charge on any atom is 0.314 e. The number of ether oxygens (including phenoxy) is 2. The summed E-state index contributed by atoms with van der Waals surface area (Å²) in [4.78, 5) is 25.5. The highest BCUT2D eigenvalue weighted by Gasteiger charge is 2.56. The maximum absolute atomic E-state index is 11.9. The van der Waals surface area contributed by atoms with Gasteiger partial charge in [0.05, 0.1) is 26.4 Å². The van der Waals surface area contributed by atoms with E-state index in [0.29, 0.717) is 32.9 Å². The number of rotatable bonds is 4. The molecule has 1 N–H and O–H groups in total. The predicted molar refractivity (Wildman–Crippen MR) is 91.0 cm³/mol. The van der Waals surface area contributed by atoms with Crippen molar-refractivity contribution in [2.24, 2.45) is 11.3 Å². The van der Waals surface area contributed by atoms with Crippen molar-refractivity contribution in [3.05, 3.63) is 11.8 Å². The van der Waals surface area contributed by atoms with Gasteiger partial charge in [0.2, 0.25) is 5.95 Å². The van der Waals surface area contributed by atoms with E-state index >= 15 is 0 Å². The molecular weight excluding hydrogens is 324 g/mol. The molecule has 2 atom stereocenters. The fourth-order valence-electron chi connectivity index (χ4n) is 3.93. The summed E-state index contributed by atoms with van der Waals surface area (Å²) in [5.41, 5.74) is 0.167. The molecule has 0 spiro atoms. The van der Waals surface area contributed by atoms with Crippen molar-refractivity contribution in [3.63, 3.8) is 0 Å². The standard InChI is InChI=1S/C17H24N4O4/c1-2-13-7-14(19-16(18-13)20-3-5-24-6-4-20)21-8-12-9-25-11-17(12,10-21)15(22)23/h7,12H,2-6,8-11H2,1H3,(H,22,23)/t12-,17-/m1/s1. The van der Waals surface area contributed by atoms with Crippen molar-refractivity contribution in [2.45, 2.75) is 13.3 Å². The average Bonchev–Trinajstić information content (AvgIpc) is 3.20. The molecule has 8 heteroatoms. The largest absolute Gasteiger partial charge is 0.481 e. The molecule has 4 rings (SSSR count). The van der Waals surface area contributed by atoms with Crippen LogP contribution in [-0.4, -0.2) is 73.7 Å². The summed E-state index contributed by atoms with van der Waals surface area (Å²) >= 11 is 0. The molecule has 8 nitrogen and oxygen atoms in total. The highest BCUT2D eigenvalue weighted by Crippen LogP contribution is 2.43. The summed E-state index contributed by atoms with van der Waals surface area (Å²) in [6.07, 6.45) is 0.817. The molecule has 3 aliphatic rings. The maximum atomic E-state index is 11.9. The van der Waals surface area contributed by atoms with E-state index in [-0.39, 0.29) is 12.5 Å². The minimum atomic E-state index is -0.809. The van der Waals surface area contributed by atoms with Crippen LogP contribution >= 0.6 is 0 Å². The van der Waals surface area contributed by atoms with E-state index in [1.54, 1.807) is 0 Å². The Bertz CT molecular complexity index is 664. The van der Waals surface area contributed by atoms with Crippen molar-refractivity contribution in [1.29, 1.82) is 0 Å². The third-order valence-corrected chi connectivity index (χ3v) is 5.53. The highest BCUT2D eigenvalue weighted by atomic mass is 16.5. The number of carbonyl (C=O) groups is 1. The second-order valence-electron chi connectivity index (χ2n) is 7.02. The number of carboxylic acid groups (broad SMARTS) is 1. The second kappa shape index (κ2) is 6.42. The molecule has 0 unspecified atom stereocenters. The Labute approximate surface area is 146 Å². The number of anilines is 2. The van der Waals surface area contributed by atoms with Gasteiger partial charge in [0.15, 0.2) is 0 Å². The molecule has 136 valence electrons. The lowest BCUT2D eigenvalue weighted by atomic mass is 9.81. The van der Waals surface area contributed by atoms with Gasteiger partial charge in [-0.2, -0.15) is 4.98 Å². The lowest BCUT2D eigenvalue weighted by molar-refractivity contribution is -0.149. The van der Waals surface area contributed by atoms with Crippen LogP contribution in [0.1, 0.15) is 12.6 Å². The van der Waals surface area contributed by atoms with Crippen LogP contribution in [0.2, 0.25) is 0 Å². The van der Waals surface area contributed by atoms with Gasteiger partial charge in [0, 0.05) is 43.9 Å². The third kappa shape index (κ3) is 2.83. The van der Waals surface area contributed by atoms with E-state index in [0.717, 1.165) is 37.0 Å². The fraction of sp³-hybridized carbons (Fsp3) is 0.706. The molecule has 1 aromatic heterocycles. The molecule has 4 heterocycles. The Morgan fingerprint density at radius 2 is 2.12 bits per heavy atom. The molecule has 0 saturated carbocycles. The van der Waals surface area contributed by atoms with Gasteiger partial charge in [-0.1, -0.05) is 6.92 Å². The van der Waals surface area contributed by atoms with Crippen molar-refractivity contribution < 1.29 is 19.4 Å². The number of aromatic nitrogens is 2. The SMILES string of the molecule is CCc1cc(N2C[C@@H]3COC[C@]3(C(=O)O)C2)nc(N2CCOCC2)n1. The van der Waals surface area contributed by atoms with Crippen LogP contribution in [0.5, 0.6) is 0 Å². The van der Waals surface area contributed by atoms with Crippen LogP contribution in [0.3, 0.4) is 0 Å². The first kappa shape index (κ1) is 16.5. The summed E-state index contributed by atoms with van der Waals surface area (Å²) in [5, 5.41) is 9.74. The zero-order chi connectivity index (χ0) is 17.4. The summed E-state index contributed by atoms with van der Waals surface area (Å²) in [6, 6.07) is 1.99. The van der Waals surface area contributed by atoms with Crippen LogP contribution in [0.15, 0.2) is 6.07 Å². The lowest BCUT2D eigenvalue weighted by Crippen LogP contribution is -2.39. The predicted octanol–water partition coefficient (Wildman–Crippen LogP) is 0.413. The molecule has 3 aliphatic heterocycles. The van der Waals surface area contributed by atoms with E-state index in [1.807, 2.05) is 6.07 Å². The van der Waals surface area contributed by atoms with Crippen LogP contribution in [0.25, 0.3) is 0 Å². The summed E-state index contributed by atoms with van der Waals surface area (Å²) in [6.45, 7) is 6.88. The monoisotopic (exact) mass is 348 g/mol. The van der Waals surface area contributed by atoms with Gasteiger partial charge in [-0.05, 0) is 6.42 Å². The highest BCUT2D eigenvalue weighted by molar-refractivity contribution is 5.78. The Kier molecular flexibility index (Phi) is 4.24. The lowest BCUT2D eigenvalue weighted by Gasteiger charge is -2.28. The number of aryl methyl sites for hydroxylation is 1. The van der Waals surface area contributed by atoms with Crippen LogP contribution in [-0.2, 0) is 20.7 Å². The number of fused-ring (bicyclic) bond motifs is 1. The fourth-order valence-corrected chi connectivity index (χ4v) is 3.93. The van der Waals surface area contributed by atoms with E-state index in [9.17, 15) is 9.90 Å². The molecule has 3 saturated heterocycles. The number of carboxylic acids is 1. The first-order valence-electron chi connectivity index (χ1n) is 8.89. The van der Waals surface area contributed by atoms with Crippen molar-refractivity contribution in [3.8, 4) is 0 Å². The molecule has 0 bridgehead atoms. The van der Waals surface area contributed by atoms with Gasteiger partial charge in [0.1, 0.15) is 11.2 Å². The number of aliphatic carboxylic acids is 1. The Morgan fingerprint density at radius 3 is 2.80 bits per heavy atom. The molecule has 0 radical (unpaired) electrons. The summed E-state index contributed by atoms with van der Waals surface area (Å²) < 4.78 is 10.9. The molecular formula is C17H24N4O4. The van der Waals surface area contributed by atoms with Crippen molar-refractivity contribution in [1.82, 2.24) is 9.97 Å². The normalized spacial score (nSPS) is 29.1. The first-order valence-corrected chi connectivity index (χ1v) is 8.89. The van der Waals surface area contributed by atoms with E-state index in [2.05, 4.69) is 21.7 Å². The van der Waals surface area contributed by atoms with Gasteiger partial charge in [0.25, 0.3) is 0 Å². The zero-order valence-electron chi connectivity index (χ0n) is 14.5. The smallest absolute Gasteiger partial charge is 0.314 e. The van der Waals surface area contributed by atoms with Crippen molar-refractivity contribution in [2.75, 3.05) is 62.4 Å². The van der Waals surface area contributed by atoms with Gasteiger partial charge in [-0.25, -0.2) is 4.98 Å². The molecule has 1 aromatic rings. The van der Waals surface area contributed by atoms with E-state index in [1.165, 1.54) is 0 Å². The van der Waals surface area contributed by atoms with E-state index < -0.39 is 11.4 Å². The van der Waals surface area contributed by atoms with Gasteiger partial charge in [-0.3, -0.25) is 4.79 Å². The Morgan fingerprint density at radius 1 is 1.32 bits per heavy atom. The number of morpholine rings is 1. The Hall–Kier alpha value is -1.93. The minimum absolute atomic E-state index is 0.0110. The van der Waals surface area contributed by atoms with Crippen molar-refractivity contribution >= 4 is 17.7 Å². The minimum Gasteiger partial charge on any atom is -0.481 e. The topological polar surface area (TPSA) is 88.0 Å². The average molecular weight is 348 g/mol. The molecule has 25 heavy (non-hydrogen) atoms. The van der Waals surface area contributed by atoms with Crippen LogP contribution < -0.4 is 9.80 Å². The van der Waals surface area contributed by atoms with Crippen LogP contribution in [0.4, 0.5) is 11.8 Å². The third-order valence-electron chi connectivity index (χ3n) is 5.53. The molecule has 0 aliphatic carbocycles. The molecule has 0 amide bonds. The number of hydrogen-bond donors (Lipinski definition) is 1. The zero-order valence-corrected chi connectivity index (χ0v) is 14.5. The quantitative estimate of drug-likeness (QED) is 0.837.